The van der Waals surface area contributed by atoms with E-state index >= 15 is 0 Å². The summed E-state index contributed by atoms with van der Waals surface area (Å²) in [7, 11) is -4.40. The van der Waals surface area contributed by atoms with Crippen molar-refractivity contribution in [3.8, 4) is 0 Å². The summed E-state index contributed by atoms with van der Waals surface area (Å²) < 4.78 is 36.1. The van der Waals surface area contributed by atoms with Crippen molar-refractivity contribution >= 4 is 20.9 Å². The van der Waals surface area contributed by atoms with Crippen LogP contribution >= 0.6 is 0 Å². The molecule has 0 fully saturated rings. The number of rotatable bonds is 6. The highest BCUT2D eigenvalue weighted by molar-refractivity contribution is 7.86. The molecule has 174 valence electrons. The fraction of sp³-hybridized carbons (Fsp3) is 0.630. The first-order chi connectivity index (χ1) is 14.1. The lowest BCUT2D eigenvalue weighted by molar-refractivity contribution is 0.483. The van der Waals surface area contributed by atoms with Crippen molar-refractivity contribution in [3.05, 3.63) is 38.9 Å². The summed E-state index contributed by atoms with van der Waals surface area (Å²) in [6, 6.07) is 0. The van der Waals surface area contributed by atoms with Gasteiger partial charge >= 0.3 is 0 Å². The van der Waals surface area contributed by atoms with Crippen LogP contribution in [0.2, 0.25) is 0 Å². The van der Waals surface area contributed by atoms with E-state index in [1.54, 1.807) is 0 Å². The van der Waals surface area contributed by atoms with E-state index < -0.39 is 10.1 Å². The molecule has 2 rings (SSSR count). The van der Waals surface area contributed by atoms with Crippen LogP contribution in [0.5, 0.6) is 0 Å². The van der Waals surface area contributed by atoms with Crippen LogP contribution in [0.25, 0.3) is 10.8 Å². The molecule has 0 atom stereocenters. The lowest BCUT2D eigenvalue weighted by Gasteiger charge is -2.33. The largest absolute Gasteiger partial charge is 0.295 e. The van der Waals surface area contributed by atoms with Crippen molar-refractivity contribution in [1.82, 2.24) is 0 Å². The predicted molar refractivity (Wildman–Crippen MR) is 134 cm³/mol. The van der Waals surface area contributed by atoms with Gasteiger partial charge in [0.25, 0.3) is 10.1 Å². The fourth-order valence-electron chi connectivity index (χ4n) is 5.58. The Morgan fingerprint density at radius 1 is 0.516 bits per heavy atom. The van der Waals surface area contributed by atoms with E-state index in [0.29, 0.717) is 11.5 Å². The van der Waals surface area contributed by atoms with Crippen molar-refractivity contribution in [2.24, 2.45) is 0 Å². The van der Waals surface area contributed by atoms with Crippen molar-refractivity contribution in [2.75, 3.05) is 0 Å². The second kappa shape index (κ2) is 8.86. The molecule has 2 aromatic carbocycles. The first-order valence-corrected chi connectivity index (χ1v) is 13.1. The zero-order valence-corrected chi connectivity index (χ0v) is 22.4. The van der Waals surface area contributed by atoms with E-state index in [-0.39, 0.29) is 28.6 Å². The van der Waals surface area contributed by atoms with Gasteiger partial charge in [0.05, 0.1) is 0 Å². The Morgan fingerprint density at radius 3 is 1.13 bits per heavy atom. The van der Waals surface area contributed by atoms with Gasteiger partial charge < -0.3 is 0 Å². The second-order valence-electron chi connectivity index (χ2n) is 10.6. The fourth-order valence-corrected chi connectivity index (χ4v) is 6.59. The van der Waals surface area contributed by atoms with Gasteiger partial charge in [-0.2, -0.15) is 8.42 Å². The molecule has 0 saturated heterocycles. The van der Waals surface area contributed by atoms with Crippen LogP contribution in [-0.2, 0) is 10.1 Å². The van der Waals surface area contributed by atoms with Crippen LogP contribution in [0.4, 0.5) is 0 Å². The Balaban J connectivity index is 3.63. The van der Waals surface area contributed by atoms with Gasteiger partial charge in [0, 0.05) is 5.39 Å². The molecule has 0 bridgehead atoms. The van der Waals surface area contributed by atoms with Crippen molar-refractivity contribution in [3.63, 3.8) is 0 Å². The van der Waals surface area contributed by atoms with E-state index in [1.807, 2.05) is 13.8 Å². The van der Waals surface area contributed by atoms with E-state index in [1.165, 1.54) is 22.3 Å². The van der Waals surface area contributed by atoms with E-state index in [0.717, 1.165) is 21.9 Å². The smallest absolute Gasteiger partial charge is 0.282 e. The molecule has 0 aliphatic heterocycles. The molecule has 4 heteroatoms. The van der Waals surface area contributed by atoms with Gasteiger partial charge in [-0.3, -0.25) is 4.55 Å². The van der Waals surface area contributed by atoms with Gasteiger partial charge in [0.1, 0.15) is 4.90 Å². The summed E-state index contributed by atoms with van der Waals surface area (Å²) in [6.45, 7) is 25.7. The Morgan fingerprint density at radius 2 is 0.839 bits per heavy atom. The minimum absolute atomic E-state index is 0.104. The zero-order valence-electron chi connectivity index (χ0n) is 21.6. The molecule has 0 aliphatic rings. The first kappa shape index (κ1) is 25.9. The summed E-state index contributed by atoms with van der Waals surface area (Å²) in [4.78, 5) is 0.104. The van der Waals surface area contributed by atoms with E-state index in [9.17, 15) is 13.0 Å². The molecule has 0 aromatic heterocycles. The maximum Gasteiger partial charge on any atom is 0.295 e. The van der Waals surface area contributed by atoms with Gasteiger partial charge in [0.2, 0.25) is 0 Å². The molecule has 31 heavy (non-hydrogen) atoms. The van der Waals surface area contributed by atoms with Gasteiger partial charge in [-0.05, 0) is 87.8 Å². The van der Waals surface area contributed by atoms with Crippen LogP contribution in [0.1, 0.15) is 138 Å². The third-order valence-corrected chi connectivity index (χ3v) is 7.63. The van der Waals surface area contributed by atoms with Crippen LogP contribution in [0, 0.1) is 13.8 Å². The lowest BCUT2D eigenvalue weighted by atomic mass is 9.72. The van der Waals surface area contributed by atoms with Gasteiger partial charge in [-0.1, -0.05) is 69.2 Å². The van der Waals surface area contributed by atoms with Gasteiger partial charge in [-0.15, -0.1) is 0 Å². The molecule has 0 spiro atoms. The molecule has 2 aromatic rings. The molecule has 0 aliphatic carbocycles. The number of hydrogen-bond acceptors (Lipinski definition) is 2. The third-order valence-electron chi connectivity index (χ3n) is 6.61. The van der Waals surface area contributed by atoms with Gasteiger partial charge in [0.15, 0.2) is 0 Å². The van der Waals surface area contributed by atoms with Crippen molar-refractivity contribution in [1.29, 1.82) is 0 Å². The highest BCUT2D eigenvalue weighted by atomic mass is 32.2. The SMILES string of the molecule is Cc1c(C)c(S(=O)(=O)O)c2c(C(C)C)c(C(C)C)c(C(C)C)c(C(C)C)c2c1C(C)C. The summed E-state index contributed by atoms with van der Waals surface area (Å²) >= 11 is 0. The van der Waals surface area contributed by atoms with Crippen LogP contribution in [0.15, 0.2) is 4.90 Å². The highest BCUT2D eigenvalue weighted by Crippen LogP contribution is 2.49. The molecular formula is C27H42O3S. The predicted octanol–water partition coefficient (Wildman–Crippen LogP) is 8.32. The summed E-state index contributed by atoms with van der Waals surface area (Å²) in [5.74, 6) is 1.15. The van der Waals surface area contributed by atoms with E-state index in [4.69, 9.17) is 0 Å². The monoisotopic (exact) mass is 446 g/mol. The Hall–Kier alpha value is -1.39. The molecular weight excluding hydrogens is 404 g/mol. The minimum atomic E-state index is -4.40. The zero-order chi connectivity index (χ0) is 24.2. The average Bonchev–Trinajstić information content (AvgIpc) is 2.58. The summed E-state index contributed by atoms with van der Waals surface area (Å²) in [5, 5.41) is 1.80. The topological polar surface area (TPSA) is 54.4 Å². The molecule has 0 radical (unpaired) electrons. The van der Waals surface area contributed by atoms with Gasteiger partial charge in [-0.25, -0.2) is 0 Å². The molecule has 1 N–H and O–H groups in total. The van der Waals surface area contributed by atoms with Crippen molar-refractivity contribution in [2.45, 2.75) is 118 Å². The minimum Gasteiger partial charge on any atom is -0.282 e. The Bertz CT molecular complexity index is 1100. The lowest BCUT2D eigenvalue weighted by Crippen LogP contribution is -2.17. The van der Waals surface area contributed by atoms with Crippen molar-refractivity contribution < 1.29 is 13.0 Å². The normalized spacial score (nSPS) is 13.1. The number of benzene rings is 2. The first-order valence-electron chi connectivity index (χ1n) is 11.7. The number of fused-ring (bicyclic) bond motifs is 1. The Kier molecular flexibility index (Phi) is 7.39. The highest BCUT2D eigenvalue weighted by Gasteiger charge is 2.33. The average molecular weight is 447 g/mol. The quantitative estimate of drug-likeness (QED) is 0.454. The standard InChI is InChI=1S/C27H42O3S/c1-13(2)20-18(11)19(12)27(31(28,29)30)26-24(17(9)10)22(15(5)6)21(14(3)4)23(16(7)8)25(20)26/h13-17H,1-12H3,(H,28,29,30). The van der Waals surface area contributed by atoms with Crippen LogP contribution in [0.3, 0.4) is 0 Å². The summed E-state index contributed by atoms with van der Waals surface area (Å²) in [6.07, 6.45) is 0. The summed E-state index contributed by atoms with van der Waals surface area (Å²) in [5.41, 5.74) is 7.78. The molecule has 0 heterocycles. The third kappa shape index (κ3) is 4.30. The molecule has 0 saturated carbocycles. The maximum atomic E-state index is 12.8. The second-order valence-corrected chi connectivity index (χ2v) is 12.0. The molecule has 3 nitrogen and oxygen atoms in total. The molecule has 0 amide bonds. The number of hydrogen-bond donors (Lipinski definition) is 1. The van der Waals surface area contributed by atoms with Crippen LogP contribution in [-0.4, -0.2) is 13.0 Å². The maximum absolute atomic E-state index is 12.8. The van der Waals surface area contributed by atoms with E-state index in [2.05, 4.69) is 69.2 Å². The van der Waals surface area contributed by atoms with Crippen LogP contribution < -0.4 is 0 Å². The molecule has 0 unspecified atom stereocenters. The Labute approximate surface area is 190 Å².